The maximum Gasteiger partial charge on any atom is 0.0593 e. The van der Waals surface area contributed by atoms with E-state index >= 15 is 0 Å². The molecule has 0 bridgehead atoms. The van der Waals surface area contributed by atoms with Crippen LogP contribution in [0.4, 0.5) is 0 Å². The van der Waals surface area contributed by atoms with Crippen LogP contribution in [0.3, 0.4) is 0 Å². The summed E-state index contributed by atoms with van der Waals surface area (Å²) in [5, 5.41) is 3.64. The summed E-state index contributed by atoms with van der Waals surface area (Å²) in [7, 11) is 1.73. The van der Waals surface area contributed by atoms with Crippen molar-refractivity contribution in [2.24, 2.45) is 0 Å². The Kier molecular flexibility index (Phi) is 7.91. The zero-order valence-electron chi connectivity index (χ0n) is 13.2. The first-order valence-corrected chi connectivity index (χ1v) is 7.65. The van der Waals surface area contributed by atoms with E-state index in [1.807, 2.05) is 0 Å². The highest BCUT2D eigenvalue weighted by Gasteiger charge is 2.31. The summed E-state index contributed by atoms with van der Waals surface area (Å²) in [5.41, 5.74) is 0.223. The Morgan fingerprint density at radius 1 is 1.26 bits per heavy atom. The number of nitrogens with one attached hydrogen (secondary N) is 1. The highest BCUT2D eigenvalue weighted by Crippen LogP contribution is 2.17. The van der Waals surface area contributed by atoms with Crippen molar-refractivity contribution in [1.82, 2.24) is 10.2 Å². The van der Waals surface area contributed by atoms with Crippen LogP contribution in [0.15, 0.2) is 0 Å². The fourth-order valence-electron chi connectivity index (χ4n) is 2.68. The molecule has 114 valence electrons. The van der Waals surface area contributed by atoms with Crippen LogP contribution in [0.2, 0.25) is 0 Å². The fraction of sp³-hybridized carbons (Fsp3) is 1.00. The quantitative estimate of drug-likeness (QED) is 0.650. The Balaban J connectivity index is 2.25. The van der Waals surface area contributed by atoms with Gasteiger partial charge >= 0.3 is 0 Å². The summed E-state index contributed by atoms with van der Waals surface area (Å²) in [6.07, 6.45) is 3.51. The van der Waals surface area contributed by atoms with Crippen LogP contribution >= 0.6 is 0 Å². The molecule has 4 heteroatoms. The van der Waals surface area contributed by atoms with Crippen LogP contribution in [0, 0.1) is 0 Å². The molecule has 1 unspecified atom stereocenters. The number of hydrogen-bond acceptors (Lipinski definition) is 4. The molecule has 0 aromatic rings. The number of methoxy groups -OCH3 is 1. The summed E-state index contributed by atoms with van der Waals surface area (Å²) >= 11 is 0. The number of hydrogen-bond donors (Lipinski definition) is 1. The minimum absolute atomic E-state index is 0.223. The SMILES string of the molecule is CCCC1CNC(C)(C)CN1CCOCCCOC. The van der Waals surface area contributed by atoms with Gasteiger partial charge in [-0.15, -0.1) is 0 Å². The summed E-state index contributed by atoms with van der Waals surface area (Å²) in [6.45, 7) is 12.5. The molecule has 1 atom stereocenters. The Morgan fingerprint density at radius 2 is 2.05 bits per heavy atom. The van der Waals surface area contributed by atoms with Gasteiger partial charge in [0.15, 0.2) is 0 Å². The van der Waals surface area contributed by atoms with Crippen molar-refractivity contribution >= 4 is 0 Å². The van der Waals surface area contributed by atoms with Gasteiger partial charge in [-0.05, 0) is 26.7 Å². The normalized spacial score (nSPS) is 23.7. The molecule has 0 radical (unpaired) electrons. The molecule has 0 aliphatic carbocycles. The summed E-state index contributed by atoms with van der Waals surface area (Å²) in [5.74, 6) is 0. The molecule has 1 aliphatic heterocycles. The van der Waals surface area contributed by atoms with Gasteiger partial charge in [-0.25, -0.2) is 0 Å². The lowest BCUT2D eigenvalue weighted by Gasteiger charge is -2.44. The van der Waals surface area contributed by atoms with E-state index in [4.69, 9.17) is 9.47 Å². The van der Waals surface area contributed by atoms with Gasteiger partial charge in [0.1, 0.15) is 0 Å². The van der Waals surface area contributed by atoms with Crippen LogP contribution < -0.4 is 5.32 Å². The Bertz CT molecular complexity index is 234. The van der Waals surface area contributed by atoms with E-state index < -0.39 is 0 Å². The fourth-order valence-corrected chi connectivity index (χ4v) is 2.68. The molecule has 19 heavy (non-hydrogen) atoms. The smallest absolute Gasteiger partial charge is 0.0593 e. The average Bonchev–Trinajstić information content (AvgIpc) is 2.36. The molecule has 1 aliphatic rings. The zero-order chi connectivity index (χ0) is 14.1. The molecule has 1 N–H and O–H groups in total. The molecule has 1 fully saturated rings. The molecule has 1 saturated heterocycles. The Hall–Kier alpha value is -0.160. The first kappa shape index (κ1) is 16.9. The lowest BCUT2D eigenvalue weighted by Crippen LogP contribution is -2.61. The maximum atomic E-state index is 5.69. The molecule has 0 spiro atoms. The predicted molar refractivity (Wildman–Crippen MR) is 79.7 cm³/mol. The highest BCUT2D eigenvalue weighted by atomic mass is 16.5. The largest absolute Gasteiger partial charge is 0.385 e. The second-order valence-electron chi connectivity index (χ2n) is 6.14. The van der Waals surface area contributed by atoms with Crippen LogP contribution in [0.25, 0.3) is 0 Å². The predicted octanol–water partition coefficient (Wildman–Crippen LogP) is 1.89. The van der Waals surface area contributed by atoms with E-state index in [0.29, 0.717) is 6.04 Å². The van der Waals surface area contributed by atoms with Crippen LogP contribution in [0.1, 0.15) is 40.0 Å². The van der Waals surface area contributed by atoms with Crippen molar-refractivity contribution in [3.05, 3.63) is 0 Å². The monoisotopic (exact) mass is 272 g/mol. The zero-order valence-corrected chi connectivity index (χ0v) is 13.2. The molecule has 0 aromatic heterocycles. The third kappa shape index (κ3) is 6.70. The van der Waals surface area contributed by atoms with Crippen molar-refractivity contribution in [2.45, 2.75) is 51.6 Å². The van der Waals surface area contributed by atoms with E-state index in [1.165, 1.54) is 12.8 Å². The molecule has 0 amide bonds. The second-order valence-corrected chi connectivity index (χ2v) is 6.14. The number of rotatable bonds is 9. The van der Waals surface area contributed by atoms with Crippen molar-refractivity contribution < 1.29 is 9.47 Å². The van der Waals surface area contributed by atoms with Crippen molar-refractivity contribution in [2.75, 3.05) is 46.6 Å². The van der Waals surface area contributed by atoms with Gasteiger partial charge in [-0.3, -0.25) is 4.90 Å². The van der Waals surface area contributed by atoms with Crippen molar-refractivity contribution in [3.8, 4) is 0 Å². The molecule has 0 saturated carbocycles. The lowest BCUT2D eigenvalue weighted by molar-refractivity contribution is 0.0407. The molecule has 1 heterocycles. The Labute approximate surface area is 118 Å². The number of nitrogens with zero attached hydrogens (tertiary/aromatic N) is 1. The summed E-state index contributed by atoms with van der Waals surface area (Å²) in [6, 6.07) is 0.667. The van der Waals surface area contributed by atoms with Crippen LogP contribution in [-0.2, 0) is 9.47 Å². The number of ether oxygens (including phenoxy) is 2. The van der Waals surface area contributed by atoms with Crippen molar-refractivity contribution in [1.29, 1.82) is 0 Å². The Morgan fingerprint density at radius 3 is 2.74 bits per heavy atom. The average molecular weight is 272 g/mol. The van der Waals surface area contributed by atoms with Gasteiger partial charge in [-0.1, -0.05) is 13.3 Å². The third-order valence-corrected chi connectivity index (χ3v) is 3.71. The van der Waals surface area contributed by atoms with Crippen LogP contribution in [-0.4, -0.2) is 63.0 Å². The van der Waals surface area contributed by atoms with Crippen LogP contribution in [0.5, 0.6) is 0 Å². The van der Waals surface area contributed by atoms with E-state index in [9.17, 15) is 0 Å². The molecule has 0 aromatic carbocycles. The molecular weight excluding hydrogens is 240 g/mol. The minimum atomic E-state index is 0.223. The third-order valence-electron chi connectivity index (χ3n) is 3.71. The molecule has 1 rings (SSSR count). The van der Waals surface area contributed by atoms with Crippen molar-refractivity contribution in [3.63, 3.8) is 0 Å². The van der Waals surface area contributed by atoms with Gasteiger partial charge in [0.25, 0.3) is 0 Å². The summed E-state index contributed by atoms with van der Waals surface area (Å²) < 4.78 is 10.7. The topological polar surface area (TPSA) is 33.7 Å². The van der Waals surface area contributed by atoms with Gasteiger partial charge in [-0.2, -0.15) is 0 Å². The first-order valence-electron chi connectivity index (χ1n) is 7.65. The second kappa shape index (κ2) is 8.90. The first-order chi connectivity index (χ1) is 9.09. The van der Waals surface area contributed by atoms with E-state index in [2.05, 4.69) is 31.0 Å². The van der Waals surface area contributed by atoms with Gasteiger partial charge in [0, 0.05) is 51.5 Å². The van der Waals surface area contributed by atoms with Gasteiger partial charge in [0.2, 0.25) is 0 Å². The van der Waals surface area contributed by atoms with Gasteiger partial charge < -0.3 is 14.8 Å². The molecular formula is C15H32N2O2. The van der Waals surface area contributed by atoms with E-state index in [0.717, 1.165) is 45.9 Å². The highest BCUT2D eigenvalue weighted by molar-refractivity contribution is 4.91. The molecule has 4 nitrogen and oxygen atoms in total. The minimum Gasteiger partial charge on any atom is -0.385 e. The standard InChI is InChI=1S/C15H32N2O2/c1-5-7-14-12-16-15(2,3)13-17(14)8-11-19-10-6-9-18-4/h14,16H,5-13H2,1-4H3. The van der Waals surface area contributed by atoms with E-state index in [-0.39, 0.29) is 5.54 Å². The lowest BCUT2D eigenvalue weighted by atomic mass is 9.97. The van der Waals surface area contributed by atoms with Gasteiger partial charge in [0.05, 0.1) is 6.61 Å². The van der Waals surface area contributed by atoms with E-state index in [1.54, 1.807) is 7.11 Å². The summed E-state index contributed by atoms with van der Waals surface area (Å²) in [4.78, 5) is 2.59. The maximum absolute atomic E-state index is 5.69. The number of piperazine rings is 1.